The number of hydrogen-bond donors (Lipinski definition) is 5. The lowest BCUT2D eigenvalue weighted by molar-refractivity contribution is -0.761. The summed E-state index contributed by atoms with van der Waals surface area (Å²) in [6.07, 6.45) is 20.8. The summed E-state index contributed by atoms with van der Waals surface area (Å²) in [6, 6.07) is 45.3. The van der Waals surface area contributed by atoms with Crippen LogP contribution in [0.4, 0.5) is 69.3 Å². The smallest absolute Gasteiger partial charge is 0.291 e. The van der Waals surface area contributed by atoms with E-state index in [1.54, 1.807) is 86.5 Å². The largest absolute Gasteiger partial charge is 0.324 e. The Balaban J connectivity index is 0.000000177. The fraction of sp³-hybridized carbons (Fsp3) is 0.0625. The van der Waals surface area contributed by atoms with Gasteiger partial charge >= 0.3 is 0 Å². The molecule has 0 aliphatic rings. The molecule has 0 bridgehead atoms. The first kappa shape index (κ1) is 54.9. The van der Waals surface area contributed by atoms with Crippen molar-refractivity contribution in [1.82, 2.24) is 59.8 Å². The molecular weight excluding hydrogens is 1060 g/mol. The van der Waals surface area contributed by atoms with E-state index >= 15 is 0 Å². The molecule has 5 N–H and O–H groups in total. The van der Waals surface area contributed by atoms with E-state index in [9.17, 15) is 5.21 Å². The van der Waals surface area contributed by atoms with Crippen molar-refractivity contribution in [1.29, 1.82) is 0 Å². The van der Waals surface area contributed by atoms with Crippen LogP contribution >= 0.6 is 0 Å². The molecule has 0 amide bonds. The van der Waals surface area contributed by atoms with Crippen molar-refractivity contribution in [2.75, 3.05) is 21.3 Å². The summed E-state index contributed by atoms with van der Waals surface area (Å²) >= 11 is 0. The van der Waals surface area contributed by atoms with Crippen LogP contribution in [0.15, 0.2) is 235 Å². The maximum atomic E-state index is 10.9. The summed E-state index contributed by atoms with van der Waals surface area (Å²) in [7, 11) is 0. The maximum Gasteiger partial charge on any atom is 0.291 e. The van der Waals surface area contributed by atoms with Crippen LogP contribution in [0.3, 0.4) is 0 Å². The number of anilines is 8. The third-order valence-corrected chi connectivity index (χ3v) is 13.0. The van der Waals surface area contributed by atoms with Gasteiger partial charge in [0.2, 0.25) is 23.8 Å². The Kier molecular flexibility index (Phi) is 16.8. The number of nitrogens with one attached hydrogen (secondary N) is 4. The zero-order valence-corrected chi connectivity index (χ0v) is 46.4. The fourth-order valence-corrected chi connectivity index (χ4v) is 8.43. The molecule has 414 valence electrons. The molecule has 0 saturated heterocycles. The van der Waals surface area contributed by atoms with Gasteiger partial charge in [0, 0.05) is 126 Å². The number of aryl methyl sites for hydroxylation is 4. The predicted molar refractivity (Wildman–Crippen MR) is 327 cm³/mol. The van der Waals surface area contributed by atoms with Crippen LogP contribution in [0.2, 0.25) is 0 Å². The second-order valence-corrected chi connectivity index (χ2v) is 19.1. The van der Waals surface area contributed by atoms with E-state index in [4.69, 9.17) is 0 Å². The molecule has 21 nitrogen and oxygen atoms in total. The third kappa shape index (κ3) is 14.3. The Morgan fingerprint density at radius 3 is 0.976 bits per heavy atom. The van der Waals surface area contributed by atoms with Gasteiger partial charge in [-0.05, 0) is 159 Å². The van der Waals surface area contributed by atoms with Crippen LogP contribution < -0.4 is 21.3 Å². The second-order valence-electron chi connectivity index (χ2n) is 19.1. The number of azo groups is 2. The molecule has 0 saturated carbocycles. The van der Waals surface area contributed by atoms with Crippen molar-refractivity contribution in [3.63, 3.8) is 0 Å². The Bertz CT molecular complexity index is 4190. The SMILES string of the molecule is Cc1ccc(N=Nc2ccc(C)c(Nc3nccc(-c4cccnc4)n3)c2)cc1Nc1nccc(-c2cccnc2)n1.Cc1ccc(N=[N+](O)c2ccc(C)c(Nc3nccc(-c4cccnc4)n3)c2)cc1Nc1nccc(-c2cccnc2)n1. The van der Waals surface area contributed by atoms with Crippen LogP contribution in [-0.2, 0) is 0 Å². The van der Waals surface area contributed by atoms with Gasteiger partial charge in [-0.2, -0.15) is 10.2 Å². The Hall–Kier alpha value is -12.0. The first-order chi connectivity index (χ1) is 41.6. The first-order valence-corrected chi connectivity index (χ1v) is 26.7. The molecule has 12 aromatic rings. The second kappa shape index (κ2) is 26.1. The Morgan fingerprint density at radius 1 is 0.341 bits per heavy atom. The maximum absolute atomic E-state index is 10.9. The highest BCUT2D eigenvalue weighted by Crippen LogP contribution is 2.32. The van der Waals surface area contributed by atoms with E-state index < -0.39 is 0 Å². The molecule has 0 spiro atoms. The summed E-state index contributed by atoms with van der Waals surface area (Å²) in [5, 5.41) is 37.4. The minimum absolute atomic E-state index is 0.423. The van der Waals surface area contributed by atoms with Gasteiger partial charge in [-0.15, -0.1) is 0 Å². The summed E-state index contributed by atoms with van der Waals surface area (Å²) in [6.45, 7) is 7.95. The highest BCUT2D eigenvalue weighted by molar-refractivity contribution is 5.70. The number of hydrogen-bond acceptors (Lipinski definition) is 19. The van der Waals surface area contributed by atoms with Crippen molar-refractivity contribution in [3.05, 3.63) is 242 Å². The summed E-state index contributed by atoms with van der Waals surface area (Å²) in [5.74, 6) is 1.83. The molecule has 0 atom stereocenters. The van der Waals surface area contributed by atoms with Crippen LogP contribution in [0.1, 0.15) is 22.3 Å². The van der Waals surface area contributed by atoms with E-state index in [-0.39, 0.29) is 0 Å². The van der Waals surface area contributed by atoms with E-state index in [1.165, 1.54) is 0 Å². The normalized spacial score (nSPS) is 11.1. The molecule has 21 heteroatoms. The number of benzene rings is 4. The minimum atomic E-state index is 0.423. The van der Waals surface area contributed by atoms with Gasteiger partial charge in [-0.3, -0.25) is 25.1 Å². The fourth-order valence-electron chi connectivity index (χ4n) is 8.43. The molecule has 85 heavy (non-hydrogen) atoms. The van der Waals surface area contributed by atoms with Crippen molar-refractivity contribution in [2.45, 2.75) is 27.7 Å². The molecule has 0 aliphatic heterocycles. The number of pyridine rings is 4. The molecule has 8 heterocycles. The van der Waals surface area contributed by atoms with E-state index in [2.05, 4.69) is 96.4 Å². The number of nitrogens with zero attached hydrogens (tertiary/aromatic N) is 16. The standard InChI is InChI=1S/C32H27N10O.C32H26N10/c1-21-7-9-25(17-29(21)39-31-35-15-11-27(37-31)23-5-3-13-33-19-23)41-42(43)26-10-8-22(2)30(18-26)40-32-36-16-12-28(38-32)24-6-4-14-34-20-24;1-21-7-9-25(17-29(21)39-31-35-15-11-27(37-31)23-5-3-13-33-19-23)41-42-26-10-8-22(2)30(18-26)40-32-36-16-12-28(38-32)24-6-4-14-34-20-24/h3-20H,1-2H3,(H,41,43)(H,35,37,39)(H,36,38,40);3-20H,1-2H3,(H,35,37,39)(H,36,38,40)/q+1;. The molecule has 8 aromatic heterocycles. The average molecular weight is 1120 g/mol. The van der Waals surface area contributed by atoms with Gasteiger partial charge in [0.05, 0.1) is 45.0 Å². The zero-order chi connectivity index (χ0) is 58.3. The minimum Gasteiger partial charge on any atom is -0.324 e. The predicted octanol–water partition coefficient (Wildman–Crippen LogP) is 15.2. The lowest BCUT2D eigenvalue weighted by Crippen LogP contribution is -2.02. The highest BCUT2D eigenvalue weighted by atomic mass is 16.5. The van der Waals surface area contributed by atoms with Gasteiger partial charge in [0.1, 0.15) is 10.5 Å². The third-order valence-electron chi connectivity index (χ3n) is 13.0. The van der Waals surface area contributed by atoms with Crippen LogP contribution in [-0.4, -0.2) is 69.9 Å². The van der Waals surface area contributed by atoms with Crippen molar-refractivity contribution < 1.29 is 10.1 Å². The first-order valence-electron chi connectivity index (χ1n) is 26.7. The van der Waals surface area contributed by atoms with Gasteiger partial charge in [0.25, 0.3) is 5.69 Å². The molecule has 12 rings (SSSR count). The van der Waals surface area contributed by atoms with Crippen molar-refractivity contribution in [2.24, 2.45) is 15.3 Å². The van der Waals surface area contributed by atoms with Gasteiger partial charge in [0.15, 0.2) is 0 Å². The average Bonchev–Trinajstić information content (AvgIpc) is 3.63. The summed E-state index contributed by atoms with van der Waals surface area (Å²) < 4.78 is 0. The molecular formula is C64H53N20O+. The molecule has 0 fully saturated rings. The van der Waals surface area contributed by atoms with Crippen LogP contribution in [0, 0.1) is 27.7 Å². The zero-order valence-electron chi connectivity index (χ0n) is 46.4. The quantitative estimate of drug-likeness (QED) is 0.0342. The van der Waals surface area contributed by atoms with Crippen molar-refractivity contribution >= 4 is 69.3 Å². The van der Waals surface area contributed by atoms with E-state index in [0.717, 1.165) is 94.9 Å². The highest BCUT2D eigenvalue weighted by Gasteiger charge is 2.16. The van der Waals surface area contributed by atoms with Gasteiger partial charge in [-0.1, -0.05) is 24.3 Å². The summed E-state index contributed by atoms with van der Waals surface area (Å²) in [5.41, 5.74) is 16.2. The lowest BCUT2D eigenvalue weighted by atomic mass is 10.2. The molecule has 0 unspecified atom stereocenters. The topological polar surface area (TPSA) is 263 Å². The Morgan fingerprint density at radius 2 is 0.647 bits per heavy atom. The molecule has 0 radical (unpaired) electrons. The molecule has 4 aromatic carbocycles. The van der Waals surface area contributed by atoms with Crippen molar-refractivity contribution in [3.8, 4) is 45.0 Å². The van der Waals surface area contributed by atoms with E-state index in [0.29, 0.717) is 46.5 Å². The van der Waals surface area contributed by atoms with Gasteiger partial charge in [-0.25, -0.2) is 39.9 Å². The van der Waals surface area contributed by atoms with E-state index in [1.807, 2.05) is 161 Å². The van der Waals surface area contributed by atoms with Crippen LogP contribution in [0.25, 0.3) is 45.0 Å². The number of aromatic nitrogens is 12. The lowest BCUT2D eigenvalue weighted by Gasteiger charge is -2.10. The van der Waals surface area contributed by atoms with Crippen LogP contribution in [0.5, 0.6) is 0 Å². The molecule has 0 aliphatic carbocycles. The Labute approximate surface area is 488 Å². The summed E-state index contributed by atoms with van der Waals surface area (Å²) in [4.78, 5) is 53.5. The monoisotopic (exact) mass is 1120 g/mol. The number of rotatable bonds is 16. The van der Waals surface area contributed by atoms with Gasteiger partial charge < -0.3 is 21.3 Å².